The monoisotopic (exact) mass is 574 g/mol. The van der Waals surface area contributed by atoms with E-state index in [-0.39, 0.29) is 21.9 Å². The molecule has 4 heteroatoms. The molecule has 0 radical (unpaired) electrons. The van der Waals surface area contributed by atoms with E-state index in [2.05, 4.69) is 135 Å². The maximum absolute atomic E-state index is 7.25. The zero-order chi connectivity index (χ0) is 29.5. The largest absolute Gasteiger partial charge is 0.546 e. The lowest BCUT2D eigenvalue weighted by molar-refractivity contribution is 0.273. The first-order valence-corrected chi connectivity index (χ1v) is 21.5. The van der Waals surface area contributed by atoms with Gasteiger partial charge in [-0.3, -0.25) is 0 Å². The molecule has 0 heterocycles. The van der Waals surface area contributed by atoms with Crippen molar-refractivity contribution in [2.75, 3.05) is 0 Å². The van der Waals surface area contributed by atoms with Crippen LogP contribution >= 0.6 is 0 Å². The summed E-state index contributed by atoms with van der Waals surface area (Å²) in [6.07, 6.45) is 9.45. The highest BCUT2D eigenvalue weighted by molar-refractivity contribution is 6.75. The first-order valence-electron chi connectivity index (χ1n) is 15.6. The van der Waals surface area contributed by atoms with Crippen molar-refractivity contribution in [1.82, 2.24) is 0 Å². The van der Waals surface area contributed by atoms with Crippen molar-refractivity contribution in [1.29, 1.82) is 0 Å². The van der Waals surface area contributed by atoms with E-state index in [1.807, 2.05) is 0 Å². The van der Waals surface area contributed by atoms with Gasteiger partial charge in [0.05, 0.1) is 11.5 Å². The second-order valence-corrected chi connectivity index (χ2v) is 23.8. The topological polar surface area (TPSA) is 18.5 Å². The van der Waals surface area contributed by atoms with Gasteiger partial charge in [-0.1, -0.05) is 110 Å². The van der Waals surface area contributed by atoms with Gasteiger partial charge in [-0.2, -0.15) is 0 Å². The van der Waals surface area contributed by atoms with Crippen molar-refractivity contribution in [3.8, 4) is 0 Å². The van der Waals surface area contributed by atoms with Crippen LogP contribution < -0.4 is 0 Å². The lowest BCUT2D eigenvalue weighted by Gasteiger charge is -2.43. The number of hydrogen-bond donors (Lipinski definition) is 0. The van der Waals surface area contributed by atoms with Crippen molar-refractivity contribution in [3.63, 3.8) is 0 Å². The van der Waals surface area contributed by atoms with Gasteiger partial charge >= 0.3 is 0 Å². The maximum Gasteiger partial charge on any atom is 0.250 e. The first-order chi connectivity index (χ1) is 18.7. The Bertz CT molecular complexity index is 1170. The fraction of sp³-hybridized carbons (Fsp3) is 0.556. The Morgan fingerprint density at radius 2 is 1.00 bits per heavy atom. The Morgan fingerprint density at radius 3 is 1.35 bits per heavy atom. The molecule has 0 saturated carbocycles. The molecule has 2 unspecified atom stereocenters. The van der Waals surface area contributed by atoms with Crippen molar-refractivity contribution >= 4 is 28.8 Å². The van der Waals surface area contributed by atoms with E-state index in [1.165, 1.54) is 59.5 Å². The van der Waals surface area contributed by atoms with E-state index < -0.39 is 16.6 Å². The molecule has 0 amide bonds. The summed E-state index contributed by atoms with van der Waals surface area (Å²) in [5.41, 5.74) is 5.41. The number of benzene rings is 2. The van der Waals surface area contributed by atoms with Crippen LogP contribution in [0.25, 0.3) is 12.2 Å². The third-order valence-corrected chi connectivity index (χ3v) is 19.2. The van der Waals surface area contributed by atoms with Crippen LogP contribution in [0.15, 0.2) is 60.0 Å². The summed E-state index contributed by atoms with van der Waals surface area (Å²) in [5.74, 6) is 3.04. The Morgan fingerprint density at radius 1 is 0.650 bits per heavy atom. The number of allylic oxidation sites excluding steroid dienone is 2. The predicted molar refractivity (Wildman–Crippen MR) is 179 cm³/mol. The Kier molecular flexibility index (Phi) is 8.75. The summed E-state index contributed by atoms with van der Waals surface area (Å²) in [6, 6.07) is 17.9. The van der Waals surface area contributed by atoms with Gasteiger partial charge in [0.25, 0.3) is 0 Å². The molecular weight excluding hydrogens is 521 g/mol. The molecule has 0 spiro atoms. The zero-order valence-corrected chi connectivity index (χ0v) is 29.2. The molecule has 0 fully saturated rings. The van der Waals surface area contributed by atoms with Gasteiger partial charge in [-0.05, 0) is 89.4 Å². The third kappa shape index (κ3) is 5.68. The molecule has 40 heavy (non-hydrogen) atoms. The molecule has 218 valence electrons. The molecular formula is C36H54O2Si2. The zero-order valence-electron chi connectivity index (χ0n) is 27.2. The molecule has 2 aliphatic rings. The van der Waals surface area contributed by atoms with Gasteiger partial charge in [0, 0.05) is 11.8 Å². The van der Waals surface area contributed by atoms with Gasteiger partial charge in [0.1, 0.15) is 0 Å². The highest BCUT2D eigenvalue weighted by Gasteiger charge is 2.48. The highest BCUT2D eigenvalue weighted by atomic mass is 28.4. The molecule has 4 rings (SSSR count). The molecule has 2 aromatic rings. The van der Waals surface area contributed by atoms with Crippen molar-refractivity contribution in [3.05, 3.63) is 82.3 Å². The van der Waals surface area contributed by atoms with E-state index in [9.17, 15) is 0 Å². The summed E-state index contributed by atoms with van der Waals surface area (Å²) in [7, 11) is -4.10. The summed E-state index contributed by atoms with van der Waals surface area (Å²) in [5, 5.41) is 0.388. The van der Waals surface area contributed by atoms with E-state index in [4.69, 9.17) is 8.85 Å². The average Bonchev–Trinajstić information content (AvgIpc) is 3.40. The van der Waals surface area contributed by atoms with Crippen LogP contribution in [0.1, 0.15) is 108 Å². The molecule has 2 aromatic carbocycles. The van der Waals surface area contributed by atoms with E-state index in [0.717, 1.165) is 0 Å². The quantitative estimate of drug-likeness (QED) is 0.235. The van der Waals surface area contributed by atoms with Gasteiger partial charge in [-0.25, -0.2) is 0 Å². The van der Waals surface area contributed by atoms with E-state index in [0.29, 0.717) is 5.92 Å². The Labute approximate surface area is 247 Å². The minimum atomic E-state index is -2.05. The van der Waals surface area contributed by atoms with Gasteiger partial charge in [0.2, 0.25) is 16.6 Å². The second kappa shape index (κ2) is 11.3. The minimum absolute atomic E-state index is 0.194. The lowest BCUT2D eigenvalue weighted by Crippen LogP contribution is -2.43. The van der Waals surface area contributed by atoms with Crippen LogP contribution in [0.2, 0.25) is 36.3 Å². The fourth-order valence-corrected chi connectivity index (χ4v) is 10.6. The van der Waals surface area contributed by atoms with Crippen molar-refractivity contribution in [2.45, 2.75) is 122 Å². The molecule has 0 aliphatic heterocycles. The molecule has 2 aliphatic carbocycles. The molecule has 0 N–H and O–H groups in total. The van der Waals surface area contributed by atoms with Crippen molar-refractivity contribution in [2.24, 2.45) is 5.92 Å². The lowest BCUT2D eigenvalue weighted by atomic mass is 9.77. The molecule has 2 atom stereocenters. The minimum Gasteiger partial charge on any atom is -0.546 e. The number of rotatable bonds is 12. The van der Waals surface area contributed by atoms with Gasteiger partial charge in [-0.15, -0.1) is 0 Å². The SMILES string of the molecule is CCCC(C)(C)[Si](C)(C)OC1=Cc2ccccc2C1C(C)C1C(O[Si](C)(C)C(C)(C)CCC)=Cc2ccccc21. The van der Waals surface area contributed by atoms with Gasteiger partial charge < -0.3 is 8.85 Å². The smallest absolute Gasteiger partial charge is 0.250 e. The van der Waals surface area contributed by atoms with Crippen molar-refractivity contribution < 1.29 is 8.85 Å². The Hall–Kier alpha value is -2.05. The molecule has 0 aromatic heterocycles. The van der Waals surface area contributed by atoms with Crippen LogP contribution in [0, 0.1) is 5.92 Å². The predicted octanol–water partition coefficient (Wildman–Crippen LogP) is 11.5. The van der Waals surface area contributed by atoms with Crippen LogP contribution in [0.5, 0.6) is 0 Å². The van der Waals surface area contributed by atoms with Gasteiger partial charge in [0.15, 0.2) is 0 Å². The molecule has 2 nitrogen and oxygen atoms in total. The standard InChI is InChI=1S/C36H54O2Si2/c1-12-22-35(4,5)39(8,9)37-31-24-27-18-14-16-20-29(27)33(31)26(3)34-30-21-17-15-19-28(30)25-32(34)38-40(10,11)36(6,7)23-13-2/h14-21,24-26,33-34H,12-13,22-23H2,1-11H3. The fourth-order valence-electron chi connectivity index (χ4n) is 6.82. The normalized spacial score (nSPS) is 20.0. The second-order valence-electron chi connectivity index (χ2n) is 14.7. The first kappa shape index (κ1) is 30.9. The average molecular weight is 575 g/mol. The van der Waals surface area contributed by atoms with Crippen LogP contribution in [0.4, 0.5) is 0 Å². The number of fused-ring (bicyclic) bond motifs is 2. The highest BCUT2D eigenvalue weighted by Crippen LogP contribution is 2.55. The maximum atomic E-state index is 7.25. The summed E-state index contributed by atoms with van der Waals surface area (Å²) >= 11 is 0. The van der Waals surface area contributed by atoms with Crippen LogP contribution in [-0.4, -0.2) is 16.6 Å². The summed E-state index contributed by atoms with van der Waals surface area (Å²) < 4.78 is 14.5. The summed E-state index contributed by atoms with van der Waals surface area (Å²) in [6.45, 7) is 26.3. The summed E-state index contributed by atoms with van der Waals surface area (Å²) in [4.78, 5) is 0. The van der Waals surface area contributed by atoms with E-state index >= 15 is 0 Å². The Balaban J connectivity index is 1.74. The molecule has 0 bridgehead atoms. The van der Waals surface area contributed by atoms with E-state index in [1.54, 1.807) is 0 Å². The molecule has 0 saturated heterocycles. The van der Waals surface area contributed by atoms with Crippen LogP contribution in [0.3, 0.4) is 0 Å². The number of hydrogen-bond acceptors (Lipinski definition) is 2. The third-order valence-electron chi connectivity index (χ3n) is 10.7. The van der Waals surface area contributed by atoms with Crippen LogP contribution in [-0.2, 0) is 8.85 Å².